The molecule has 3 N–H and O–H groups in total. The molecule has 0 aliphatic carbocycles. The van der Waals surface area contributed by atoms with Gasteiger partial charge in [-0.2, -0.15) is 9.78 Å². The van der Waals surface area contributed by atoms with E-state index in [1.807, 2.05) is 0 Å². The van der Waals surface area contributed by atoms with Crippen molar-refractivity contribution in [3.63, 3.8) is 0 Å². The average Bonchev–Trinajstić information content (AvgIpc) is 3.19. The Balaban J connectivity index is 1.71. The molecule has 0 spiro atoms. The zero-order valence-electron chi connectivity index (χ0n) is 18.0. The van der Waals surface area contributed by atoms with Gasteiger partial charge in [0.25, 0.3) is 5.56 Å². The highest BCUT2D eigenvalue weighted by molar-refractivity contribution is 7.89. The summed E-state index contributed by atoms with van der Waals surface area (Å²) in [5.41, 5.74) is 3.32. The lowest BCUT2D eigenvalue weighted by molar-refractivity contribution is 0.0943. The topological polar surface area (TPSA) is 163 Å². The number of amides is 1. The van der Waals surface area contributed by atoms with Crippen molar-refractivity contribution in [1.29, 1.82) is 0 Å². The van der Waals surface area contributed by atoms with Crippen LogP contribution in [0.2, 0.25) is 0 Å². The van der Waals surface area contributed by atoms with Crippen LogP contribution in [0.15, 0.2) is 69.4 Å². The Morgan fingerprint density at radius 2 is 1.82 bits per heavy atom. The van der Waals surface area contributed by atoms with Crippen molar-refractivity contribution >= 4 is 27.9 Å². The van der Waals surface area contributed by atoms with Gasteiger partial charge in [0, 0.05) is 11.8 Å². The number of hydrogen-bond acceptors (Lipinski definition) is 8. The van der Waals surface area contributed by atoms with Crippen molar-refractivity contribution in [2.24, 2.45) is 10.2 Å². The maximum Gasteiger partial charge on any atom is 0.309 e. The van der Waals surface area contributed by atoms with Crippen LogP contribution in [0, 0.1) is 6.92 Å². The molecule has 0 unspecified atom stereocenters. The number of aryl methyl sites for hydroxylation is 1. The summed E-state index contributed by atoms with van der Waals surface area (Å²) in [5.74, 6) is -0.257. The number of methoxy groups -OCH3 is 1. The molecule has 2 heterocycles. The first-order chi connectivity index (χ1) is 16.2. The normalized spacial score (nSPS) is 11.7. The molecule has 0 aliphatic heterocycles. The number of nitrogens with zero attached hydrogens (tertiary/aromatic N) is 5. The molecule has 4 aromatic rings. The van der Waals surface area contributed by atoms with Crippen LogP contribution in [0.25, 0.3) is 11.5 Å². The number of carbonyl (C=O) groups excluding carboxylic acids is 1. The molecule has 0 saturated carbocycles. The smallest absolute Gasteiger partial charge is 0.309 e. The molecule has 0 bridgehead atoms. The summed E-state index contributed by atoms with van der Waals surface area (Å²) in [4.78, 5) is 29.7. The number of primary sulfonamides is 1. The van der Waals surface area contributed by atoms with E-state index in [9.17, 15) is 18.0 Å². The molecule has 4 rings (SSSR count). The Morgan fingerprint density at radius 3 is 2.44 bits per heavy atom. The Hall–Kier alpha value is -4.36. The molecule has 174 valence electrons. The Labute approximate surface area is 193 Å². The van der Waals surface area contributed by atoms with Gasteiger partial charge in [-0.05, 0) is 61.0 Å². The van der Waals surface area contributed by atoms with Gasteiger partial charge in [0.05, 0.1) is 23.9 Å². The second-order valence-electron chi connectivity index (χ2n) is 7.12. The molecule has 2 aromatic carbocycles. The summed E-state index contributed by atoms with van der Waals surface area (Å²) >= 11 is 0. The number of ether oxygens (including phenoxy) is 1. The summed E-state index contributed by atoms with van der Waals surface area (Å²) in [6.45, 7) is 1.63. The maximum absolute atomic E-state index is 12.8. The fourth-order valence-corrected chi connectivity index (χ4v) is 3.63. The van der Waals surface area contributed by atoms with Gasteiger partial charge in [0.2, 0.25) is 21.6 Å². The minimum absolute atomic E-state index is 0.0673. The Kier molecular flexibility index (Phi) is 5.96. The van der Waals surface area contributed by atoms with E-state index in [1.165, 1.54) is 41.2 Å². The van der Waals surface area contributed by atoms with Crippen LogP contribution in [-0.2, 0) is 10.0 Å². The van der Waals surface area contributed by atoms with E-state index in [1.54, 1.807) is 38.3 Å². The number of hydrogen-bond donors (Lipinski definition) is 2. The monoisotopic (exact) mass is 481 g/mol. The predicted molar refractivity (Wildman–Crippen MR) is 123 cm³/mol. The number of carbonyl (C=O) groups is 1. The molecule has 0 radical (unpaired) electrons. The SMILES string of the molecule is COc1ccc(/C=N/NC(=O)c2nn(-c3ccc(S(N)(=O)=O)cc3)c3nc(C)cc(=O)n23)cc1. The number of nitrogens with two attached hydrogens (primary N) is 1. The number of fused-ring (bicyclic) bond motifs is 1. The van der Waals surface area contributed by atoms with Gasteiger partial charge >= 0.3 is 5.91 Å². The van der Waals surface area contributed by atoms with E-state index in [2.05, 4.69) is 20.6 Å². The summed E-state index contributed by atoms with van der Waals surface area (Å²) in [6, 6.07) is 13.7. The zero-order chi connectivity index (χ0) is 24.5. The van der Waals surface area contributed by atoms with Crippen molar-refractivity contribution < 1.29 is 17.9 Å². The molecule has 0 aliphatic rings. The molecular weight excluding hydrogens is 462 g/mol. The van der Waals surface area contributed by atoms with Gasteiger partial charge in [-0.3, -0.25) is 9.59 Å². The number of aromatic nitrogens is 4. The van der Waals surface area contributed by atoms with Gasteiger partial charge in [-0.15, -0.1) is 5.10 Å². The largest absolute Gasteiger partial charge is 0.497 e. The van der Waals surface area contributed by atoms with E-state index >= 15 is 0 Å². The van der Waals surface area contributed by atoms with Crippen molar-refractivity contribution in [2.75, 3.05) is 7.11 Å². The molecular formula is C21H19N7O5S. The van der Waals surface area contributed by atoms with Crippen LogP contribution >= 0.6 is 0 Å². The highest BCUT2D eigenvalue weighted by atomic mass is 32.2. The van der Waals surface area contributed by atoms with Crippen LogP contribution in [0.1, 0.15) is 21.9 Å². The highest BCUT2D eigenvalue weighted by Gasteiger charge is 2.21. The third-order valence-corrected chi connectivity index (χ3v) is 5.66. The fraction of sp³-hybridized carbons (Fsp3) is 0.0952. The molecule has 0 saturated heterocycles. The Morgan fingerprint density at radius 1 is 1.15 bits per heavy atom. The number of nitrogens with one attached hydrogen (secondary N) is 1. The first kappa shape index (κ1) is 22.8. The lowest BCUT2D eigenvalue weighted by Gasteiger charge is -2.04. The second-order valence-corrected chi connectivity index (χ2v) is 8.68. The summed E-state index contributed by atoms with van der Waals surface area (Å²) in [6.07, 6.45) is 1.42. The quantitative estimate of drug-likeness (QED) is 0.301. The third kappa shape index (κ3) is 4.55. The second kappa shape index (κ2) is 8.88. The van der Waals surface area contributed by atoms with Crippen molar-refractivity contribution in [1.82, 2.24) is 24.6 Å². The first-order valence-electron chi connectivity index (χ1n) is 9.77. The molecule has 0 fully saturated rings. The molecule has 34 heavy (non-hydrogen) atoms. The summed E-state index contributed by atoms with van der Waals surface area (Å²) in [5, 5.41) is 13.3. The van der Waals surface area contributed by atoms with E-state index in [0.717, 1.165) is 4.40 Å². The predicted octanol–water partition coefficient (Wildman–Crippen LogP) is 0.609. The van der Waals surface area contributed by atoms with E-state index in [0.29, 0.717) is 22.7 Å². The van der Waals surface area contributed by atoms with Gasteiger partial charge in [-0.1, -0.05) is 0 Å². The van der Waals surface area contributed by atoms with E-state index in [-0.39, 0.29) is 16.5 Å². The summed E-state index contributed by atoms with van der Waals surface area (Å²) < 4.78 is 30.5. The van der Waals surface area contributed by atoms with Crippen molar-refractivity contribution in [2.45, 2.75) is 11.8 Å². The van der Waals surface area contributed by atoms with E-state index < -0.39 is 21.5 Å². The van der Waals surface area contributed by atoms with E-state index in [4.69, 9.17) is 9.88 Å². The van der Waals surface area contributed by atoms with Crippen LogP contribution in [0.3, 0.4) is 0 Å². The van der Waals surface area contributed by atoms with Crippen molar-refractivity contribution in [3.05, 3.63) is 82.0 Å². The molecule has 12 nitrogen and oxygen atoms in total. The number of sulfonamides is 1. The maximum atomic E-state index is 12.8. The van der Waals surface area contributed by atoms with Crippen LogP contribution in [-0.4, -0.2) is 46.8 Å². The van der Waals surface area contributed by atoms with Crippen LogP contribution in [0.4, 0.5) is 0 Å². The first-order valence-corrected chi connectivity index (χ1v) is 11.3. The number of hydrazone groups is 1. The molecule has 2 aromatic heterocycles. The standard InChI is InChI=1S/C21H19N7O5S/c1-13-11-18(29)27-19(20(30)25-23-12-14-3-7-16(33-2)8-4-14)26-28(21(27)24-13)15-5-9-17(10-6-15)34(22,31)32/h3-12H,1-2H3,(H,25,30)(H2,22,31,32)/b23-12+. The minimum Gasteiger partial charge on any atom is -0.497 e. The van der Waals surface area contributed by atoms with Gasteiger partial charge in [0.15, 0.2) is 0 Å². The Bertz CT molecular complexity index is 1570. The number of rotatable bonds is 6. The van der Waals surface area contributed by atoms with Gasteiger partial charge in [0.1, 0.15) is 5.75 Å². The molecule has 0 atom stereocenters. The number of benzene rings is 2. The van der Waals surface area contributed by atoms with Crippen molar-refractivity contribution in [3.8, 4) is 11.4 Å². The average molecular weight is 481 g/mol. The molecule has 1 amide bonds. The third-order valence-electron chi connectivity index (χ3n) is 4.73. The highest BCUT2D eigenvalue weighted by Crippen LogP contribution is 2.15. The van der Waals surface area contributed by atoms with Crippen LogP contribution in [0.5, 0.6) is 5.75 Å². The minimum atomic E-state index is -3.89. The lowest BCUT2D eigenvalue weighted by Crippen LogP contribution is -2.25. The fourth-order valence-electron chi connectivity index (χ4n) is 3.11. The molecule has 13 heteroatoms. The van der Waals surface area contributed by atoms with Gasteiger partial charge in [-0.25, -0.2) is 28.4 Å². The van der Waals surface area contributed by atoms with Crippen LogP contribution < -0.4 is 20.9 Å². The summed E-state index contributed by atoms with van der Waals surface area (Å²) in [7, 11) is -2.34. The van der Waals surface area contributed by atoms with Gasteiger partial charge < -0.3 is 4.74 Å². The lowest BCUT2D eigenvalue weighted by atomic mass is 10.2. The zero-order valence-corrected chi connectivity index (χ0v) is 18.9.